The van der Waals surface area contributed by atoms with E-state index in [9.17, 15) is 0 Å². The second-order valence-electron chi connectivity index (χ2n) is 6.93. The summed E-state index contributed by atoms with van der Waals surface area (Å²) in [4.78, 5) is 11.3. The zero-order valence-electron chi connectivity index (χ0n) is 15.2. The number of hydrogen-bond acceptors (Lipinski definition) is 5. The fraction of sp³-hybridized carbons (Fsp3) is 0.286. The number of anilines is 1. The predicted octanol–water partition coefficient (Wildman–Crippen LogP) is 3.77. The Morgan fingerprint density at radius 1 is 1.15 bits per heavy atom. The lowest BCUT2D eigenvalue weighted by molar-refractivity contribution is 0.181. The third-order valence-electron chi connectivity index (χ3n) is 5.31. The van der Waals surface area contributed by atoms with Gasteiger partial charge in [0.05, 0.1) is 18.3 Å². The van der Waals surface area contributed by atoms with Crippen LogP contribution in [0.25, 0.3) is 16.6 Å². The maximum absolute atomic E-state index is 5.30. The van der Waals surface area contributed by atoms with Crippen molar-refractivity contribution in [3.8, 4) is 0 Å². The van der Waals surface area contributed by atoms with Gasteiger partial charge in [-0.15, -0.1) is 0 Å². The molecular weight excluding hydrogens is 338 g/mol. The van der Waals surface area contributed by atoms with E-state index in [2.05, 4.69) is 68.5 Å². The Bertz CT molecular complexity index is 1100. The normalized spacial score (nSPS) is 17.2. The summed E-state index contributed by atoms with van der Waals surface area (Å²) in [6.07, 6.45) is 3.82. The predicted molar refractivity (Wildman–Crippen MR) is 105 cm³/mol. The minimum Gasteiger partial charge on any atom is -0.378 e. The lowest BCUT2D eigenvalue weighted by Crippen LogP contribution is -2.25. The van der Waals surface area contributed by atoms with Crippen molar-refractivity contribution in [2.45, 2.75) is 25.5 Å². The van der Waals surface area contributed by atoms with Crippen molar-refractivity contribution in [2.24, 2.45) is 0 Å². The van der Waals surface area contributed by atoms with Gasteiger partial charge in [0.2, 0.25) is 0 Å². The molecule has 1 saturated heterocycles. The van der Waals surface area contributed by atoms with Gasteiger partial charge in [-0.05, 0) is 29.2 Å². The molecule has 136 valence electrons. The highest BCUT2D eigenvalue weighted by Gasteiger charge is 2.29. The first kappa shape index (κ1) is 16.2. The van der Waals surface area contributed by atoms with Crippen LogP contribution in [0.15, 0.2) is 54.9 Å². The molecule has 5 rings (SSSR count). The fourth-order valence-corrected chi connectivity index (χ4v) is 4.18. The van der Waals surface area contributed by atoms with Gasteiger partial charge in [0, 0.05) is 19.7 Å². The van der Waals surface area contributed by atoms with Crippen molar-refractivity contribution in [1.82, 2.24) is 19.6 Å². The molecule has 4 aromatic rings. The molecule has 0 bridgehead atoms. The van der Waals surface area contributed by atoms with Crippen LogP contribution in [0.5, 0.6) is 0 Å². The topological polar surface area (TPSA) is 55.6 Å². The molecular formula is C21H21N5O. The van der Waals surface area contributed by atoms with Crippen molar-refractivity contribution < 1.29 is 4.74 Å². The van der Waals surface area contributed by atoms with E-state index in [1.165, 1.54) is 16.3 Å². The number of rotatable bonds is 4. The average Bonchev–Trinajstić information content (AvgIpc) is 3.36. The van der Waals surface area contributed by atoms with E-state index in [-0.39, 0.29) is 0 Å². The summed E-state index contributed by atoms with van der Waals surface area (Å²) in [5.41, 5.74) is 2.24. The Labute approximate surface area is 157 Å². The average molecular weight is 359 g/mol. The molecule has 0 amide bonds. The van der Waals surface area contributed by atoms with Gasteiger partial charge < -0.3 is 9.64 Å². The standard InChI is InChI=1S/C21H21N5O/c1-27-13-16-12-20(26-21(24-16)22-14-23-26)25-11-5-10-19(25)18-9-4-7-15-6-2-3-8-17(15)18/h2-4,6-9,12,14,19H,5,10-11,13H2,1H3. The van der Waals surface area contributed by atoms with E-state index in [1.807, 2.05) is 4.52 Å². The number of ether oxygens (including phenoxy) is 1. The number of aromatic nitrogens is 4. The van der Waals surface area contributed by atoms with Crippen molar-refractivity contribution in [3.05, 3.63) is 66.1 Å². The molecule has 1 aliphatic heterocycles. The minimum atomic E-state index is 0.307. The van der Waals surface area contributed by atoms with Crippen LogP contribution < -0.4 is 4.90 Å². The van der Waals surface area contributed by atoms with Gasteiger partial charge in [0.15, 0.2) is 0 Å². The summed E-state index contributed by atoms with van der Waals surface area (Å²) in [6, 6.07) is 17.6. The molecule has 1 unspecified atom stereocenters. The Morgan fingerprint density at radius 2 is 2.04 bits per heavy atom. The zero-order valence-corrected chi connectivity index (χ0v) is 15.2. The van der Waals surface area contributed by atoms with E-state index in [4.69, 9.17) is 4.74 Å². The first-order valence-electron chi connectivity index (χ1n) is 9.28. The molecule has 6 heteroatoms. The van der Waals surface area contributed by atoms with E-state index in [0.717, 1.165) is 30.9 Å². The molecule has 0 aliphatic carbocycles. The van der Waals surface area contributed by atoms with Crippen molar-refractivity contribution in [1.29, 1.82) is 0 Å². The molecule has 0 saturated carbocycles. The maximum Gasteiger partial charge on any atom is 0.254 e. The van der Waals surface area contributed by atoms with Crippen LogP contribution >= 0.6 is 0 Å². The van der Waals surface area contributed by atoms with E-state index >= 15 is 0 Å². The van der Waals surface area contributed by atoms with Crippen LogP contribution in [0.3, 0.4) is 0 Å². The van der Waals surface area contributed by atoms with Crippen molar-refractivity contribution >= 4 is 22.4 Å². The Kier molecular flexibility index (Phi) is 3.98. The van der Waals surface area contributed by atoms with Crippen LogP contribution in [-0.4, -0.2) is 33.2 Å². The Morgan fingerprint density at radius 3 is 2.96 bits per heavy atom. The van der Waals surface area contributed by atoms with Gasteiger partial charge in [-0.1, -0.05) is 42.5 Å². The molecule has 1 atom stereocenters. The monoisotopic (exact) mass is 359 g/mol. The van der Waals surface area contributed by atoms with Crippen LogP contribution in [0, 0.1) is 0 Å². The molecule has 2 aromatic carbocycles. The smallest absolute Gasteiger partial charge is 0.254 e. The Hall–Kier alpha value is -2.99. The molecule has 0 N–H and O–H groups in total. The van der Waals surface area contributed by atoms with Gasteiger partial charge in [-0.3, -0.25) is 0 Å². The lowest BCUT2D eigenvalue weighted by atomic mass is 9.97. The van der Waals surface area contributed by atoms with Crippen LogP contribution in [0.1, 0.15) is 30.1 Å². The number of methoxy groups -OCH3 is 1. The minimum absolute atomic E-state index is 0.307. The van der Waals surface area contributed by atoms with Gasteiger partial charge >= 0.3 is 0 Å². The lowest BCUT2D eigenvalue weighted by Gasteiger charge is -2.28. The van der Waals surface area contributed by atoms with Gasteiger partial charge in [0.1, 0.15) is 12.1 Å². The summed E-state index contributed by atoms with van der Waals surface area (Å²) in [7, 11) is 1.68. The second-order valence-corrected chi connectivity index (χ2v) is 6.93. The second kappa shape index (κ2) is 6.63. The molecule has 0 spiro atoms. The molecule has 1 aliphatic rings. The van der Waals surface area contributed by atoms with Crippen molar-refractivity contribution in [3.63, 3.8) is 0 Å². The van der Waals surface area contributed by atoms with Gasteiger partial charge in [-0.25, -0.2) is 4.98 Å². The highest BCUT2D eigenvalue weighted by molar-refractivity contribution is 5.86. The van der Waals surface area contributed by atoms with E-state index in [1.54, 1.807) is 13.4 Å². The highest BCUT2D eigenvalue weighted by atomic mass is 16.5. The Balaban J connectivity index is 1.65. The first-order chi connectivity index (χ1) is 13.3. The molecule has 1 fully saturated rings. The highest BCUT2D eigenvalue weighted by Crippen LogP contribution is 2.39. The molecule has 3 heterocycles. The zero-order chi connectivity index (χ0) is 18.2. The summed E-state index contributed by atoms with van der Waals surface area (Å²) in [5.74, 6) is 1.64. The summed E-state index contributed by atoms with van der Waals surface area (Å²) in [5, 5.41) is 7.01. The molecule has 0 radical (unpaired) electrons. The maximum atomic E-state index is 5.30. The number of benzene rings is 2. The SMILES string of the molecule is COCc1cc(N2CCCC2c2cccc3ccccc23)n2ncnc2n1. The number of hydrogen-bond donors (Lipinski definition) is 0. The molecule has 2 aromatic heterocycles. The van der Waals surface area contributed by atoms with E-state index < -0.39 is 0 Å². The fourth-order valence-electron chi connectivity index (χ4n) is 4.18. The first-order valence-corrected chi connectivity index (χ1v) is 9.28. The van der Waals surface area contributed by atoms with Gasteiger partial charge in [-0.2, -0.15) is 14.6 Å². The van der Waals surface area contributed by atoms with E-state index in [0.29, 0.717) is 18.4 Å². The number of fused-ring (bicyclic) bond motifs is 2. The largest absolute Gasteiger partial charge is 0.378 e. The molecule has 27 heavy (non-hydrogen) atoms. The number of nitrogens with zero attached hydrogens (tertiary/aromatic N) is 5. The van der Waals surface area contributed by atoms with Gasteiger partial charge in [0.25, 0.3) is 5.78 Å². The summed E-state index contributed by atoms with van der Waals surface area (Å²) in [6.45, 7) is 1.45. The summed E-state index contributed by atoms with van der Waals surface area (Å²) >= 11 is 0. The van der Waals surface area contributed by atoms with Crippen LogP contribution in [0.2, 0.25) is 0 Å². The van der Waals surface area contributed by atoms with Crippen molar-refractivity contribution in [2.75, 3.05) is 18.6 Å². The summed E-state index contributed by atoms with van der Waals surface area (Å²) < 4.78 is 7.14. The van der Waals surface area contributed by atoms with Crippen LogP contribution in [0.4, 0.5) is 5.82 Å². The molecule has 6 nitrogen and oxygen atoms in total. The van der Waals surface area contributed by atoms with Crippen LogP contribution in [-0.2, 0) is 11.3 Å². The quantitative estimate of drug-likeness (QED) is 0.555. The third kappa shape index (κ3) is 2.73. The third-order valence-corrected chi connectivity index (χ3v) is 5.31.